The van der Waals surface area contributed by atoms with Crippen LogP contribution in [0.3, 0.4) is 0 Å². The predicted octanol–water partition coefficient (Wildman–Crippen LogP) is 3.23. The van der Waals surface area contributed by atoms with E-state index in [1.807, 2.05) is 0 Å². The number of halogens is 3. The van der Waals surface area contributed by atoms with Gasteiger partial charge in [0.15, 0.2) is 0 Å². The van der Waals surface area contributed by atoms with Crippen LogP contribution in [0.4, 0.5) is 18.9 Å². The van der Waals surface area contributed by atoms with Gasteiger partial charge < -0.3 is 5.32 Å². The summed E-state index contributed by atoms with van der Waals surface area (Å²) in [4.78, 5) is 14.7. The molecule has 0 aliphatic carbocycles. The van der Waals surface area contributed by atoms with E-state index in [-0.39, 0.29) is 18.0 Å². The largest absolute Gasteiger partial charge is 0.433 e. The minimum absolute atomic E-state index is 0.0873. The monoisotopic (exact) mass is 270 g/mol. The Bertz CT molecular complexity index is 478. The third-order valence-electron chi connectivity index (χ3n) is 2.31. The van der Waals surface area contributed by atoms with Crippen LogP contribution in [-0.4, -0.2) is 10.9 Å². The zero-order chi connectivity index (χ0) is 14.3. The molecular formula is C13H13F3N2O. The molecule has 1 heterocycles. The second kappa shape index (κ2) is 6.78. The molecule has 0 spiro atoms. The zero-order valence-corrected chi connectivity index (χ0v) is 10.1. The van der Waals surface area contributed by atoms with Crippen LogP contribution in [0.5, 0.6) is 0 Å². The molecule has 6 heteroatoms. The minimum atomic E-state index is -4.52. The summed E-state index contributed by atoms with van der Waals surface area (Å²) in [7, 11) is 0. The van der Waals surface area contributed by atoms with E-state index >= 15 is 0 Å². The van der Waals surface area contributed by atoms with Crippen LogP contribution < -0.4 is 5.32 Å². The van der Waals surface area contributed by atoms with Gasteiger partial charge >= 0.3 is 6.18 Å². The Morgan fingerprint density at radius 1 is 1.42 bits per heavy atom. The molecule has 0 saturated carbocycles. The normalized spacial score (nSPS) is 10.8. The summed E-state index contributed by atoms with van der Waals surface area (Å²) >= 11 is 0. The molecule has 0 aromatic carbocycles. The number of anilines is 1. The van der Waals surface area contributed by atoms with Crippen molar-refractivity contribution in [3.05, 3.63) is 24.0 Å². The number of alkyl halides is 3. The Kier molecular flexibility index (Phi) is 5.37. The summed E-state index contributed by atoms with van der Waals surface area (Å²) in [5.74, 6) is 2.11. The third-order valence-corrected chi connectivity index (χ3v) is 2.31. The van der Waals surface area contributed by atoms with Gasteiger partial charge in [0.25, 0.3) is 0 Å². The van der Waals surface area contributed by atoms with E-state index in [1.165, 1.54) is 6.07 Å². The van der Waals surface area contributed by atoms with Gasteiger partial charge in [-0.05, 0) is 25.0 Å². The highest BCUT2D eigenvalue weighted by Gasteiger charge is 2.32. The summed E-state index contributed by atoms with van der Waals surface area (Å²) in [6.07, 6.45) is 3.69. The number of hydrogen-bond donors (Lipinski definition) is 1. The van der Waals surface area contributed by atoms with Gasteiger partial charge in [-0.1, -0.05) is 0 Å². The van der Waals surface area contributed by atoms with E-state index in [2.05, 4.69) is 16.2 Å². The highest BCUT2D eigenvalue weighted by molar-refractivity contribution is 5.90. The summed E-state index contributed by atoms with van der Waals surface area (Å²) in [6.45, 7) is 0. The van der Waals surface area contributed by atoms with Crippen molar-refractivity contribution in [1.29, 1.82) is 0 Å². The smallest absolute Gasteiger partial charge is 0.326 e. The number of unbranched alkanes of at least 4 members (excludes halogenated alkanes) is 2. The molecule has 3 nitrogen and oxygen atoms in total. The molecule has 1 aromatic rings. The molecule has 1 aromatic heterocycles. The lowest BCUT2D eigenvalue weighted by Crippen LogP contribution is -2.13. The van der Waals surface area contributed by atoms with E-state index in [0.29, 0.717) is 19.3 Å². The number of carbonyl (C=O) groups excluding carboxylic acids is 1. The van der Waals surface area contributed by atoms with E-state index in [0.717, 1.165) is 12.3 Å². The average molecular weight is 270 g/mol. The van der Waals surface area contributed by atoms with Crippen molar-refractivity contribution >= 4 is 11.6 Å². The lowest BCUT2D eigenvalue weighted by atomic mass is 10.2. The molecule has 0 radical (unpaired) electrons. The number of aromatic nitrogens is 1. The van der Waals surface area contributed by atoms with E-state index < -0.39 is 11.9 Å². The first kappa shape index (κ1) is 15.0. The van der Waals surface area contributed by atoms with Crippen molar-refractivity contribution in [3.63, 3.8) is 0 Å². The van der Waals surface area contributed by atoms with Gasteiger partial charge in [0.2, 0.25) is 5.91 Å². The van der Waals surface area contributed by atoms with Crippen LogP contribution in [-0.2, 0) is 11.0 Å². The molecule has 0 unspecified atom stereocenters. The van der Waals surface area contributed by atoms with Crippen molar-refractivity contribution < 1.29 is 18.0 Å². The Balaban J connectivity index is 2.53. The maximum atomic E-state index is 12.4. The molecule has 0 saturated heterocycles. The molecule has 19 heavy (non-hydrogen) atoms. The maximum absolute atomic E-state index is 12.4. The van der Waals surface area contributed by atoms with Crippen molar-refractivity contribution in [1.82, 2.24) is 4.98 Å². The molecule has 0 bridgehead atoms. The third kappa shape index (κ3) is 5.42. The van der Waals surface area contributed by atoms with E-state index in [1.54, 1.807) is 0 Å². The van der Waals surface area contributed by atoms with Gasteiger partial charge in [-0.2, -0.15) is 13.2 Å². The van der Waals surface area contributed by atoms with E-state index in [4.69, 9.17) is 6.42 Å². The number of hydrogen-bond acceptors (Lipinski definition) is 2. The molecule has 102 valence electrons. The van der Waals surface area contributed by atoms with E-state index in [9.17, 15) is 18.0 Å². The van der Waals surface area contributed by atoms with Crippen molar-refractivity contribution in [3.8, 4) is 12.3 Å². The Hall–Kier alpha value is -2.03. The molecule has 0 atom stereocenters. The number of nitrogens with one attached hydrogen (secondary N) is 1. The van der Waals surface area contributed by atoms with Crippen molar-refractivity contribution in [2.75, 3.05) is 5.32 Å². The Morgan fingerprint density at radius 2 is 2.16 bits per heavy atom. The standard InChI is InChI=1S/C13H13F3N2O/c1-2-3-4-5-6-12(19)18-10-7-8-17-11(9-10)13(14,15)16/h1,7-9H,3-6H2,(H,17,18,19). The fourth-order valence-corrected chi connectivity index (χ4v) is 1.40. The fourth-order valence-electron chi connectivity index (χ4n) is 1.40. The highest BCUT2D eigenvalue weighted by Crippen LogP contribution is 2.28. The number of amides is 1. The van der Waals surface area contributed by atoms with Crippen LogP contribution in [0.2, 0.25) is 0 Å². The number of terminal acetylenes is 1. The first-order valence-electron chi connectivity index (χ1n) is 5.70. The topological polar surface area (TPSA) is 42.0 Å². The lowest BCUT2D eigenvalue weighted by Gasteiger charge is -2.08. The van der Waals surface area contributed by atoms with Crippen LogP contribution in [0, 0.1) is 12.3 Å². The number of carbonyl (C=O) groups is 1. The van der Waals surface area contributed by atoms with Crippen LogP contribution >= 0.6 is 0 Å². The Labute approximate surface area is 109 Å². The van der Waals surface area contributed by atoms with Crippen LogP contribution in [0.1, 0.15) is 31.4 Å². The maximum Gasteiger partial charge on any atom is 0.433 e. The fraction of sp³-hybridized carbons (Fsp3) is 0.385. The Morgan fingerprint density at radius 3 is 2.79 bits per heavy atom. The van der Waals surface area contributed by atoms with Crippen molar-refractivity contribution in [2.24, 2.45) is 0 Å². The first-order chi connectivity index (χ1) is 8.93. The molecule has 0 fully saturated rings. The van der Waals surface area contributed by atoms with Gasteiger partial charge in [0.1, 0.15) is 5.69 Å². The lowest BCUT2D eigenvalue weighted by molar-refractivity contribution is -0.141. The van der Waals surface area contributed by atoms with Gasteiger partial charge in [-0.25, -0.2) is 0 Å². The quantitative estimate of drug-likeness (QED) is 0.659. The summed E-state index contributed by atoms with van der Waals surface area (Å²) in [5, 5.41) is 2.40. The second-order valence-corrected chi connectivity index (χ2v) is 3.89. The first-order valence-corrected chi connectivity index (χ1v) is 5.70. The number of pyridine rings is 1. The molecule has 0 aliphatic rings. The van der Waals surface area contributed by atoms with Gasteiger partial charge in [0, 0.05) is 24.7 Å². The second-order valence-electron chi connectivity index (χ2n) is 3.89. The average Bonchev–Trinajstić information content (AvgIpc) is 2.34. The van der Waals surface area contributed by atoms with Gasteiger partial charge in [0.05, 0.1) is 0 Å². The molecule has 0 aliphatic heterocycles. The molecule has 1 N–H and O–H groups in total. The van der Waals surface area contributed by atoms with Crippen LogP contribution in [0.25, 0.3) is 0 Å². The SMILES string of the molecule is C#CCCCCC(=O)Nc1ccnc(C(F)(F)F)c1. The molecule has 1 amide bonds. The summed E-state index contributed by atoms with van der Waals surface area (Å²) in [6, 6.07) is 2.12. The highest BCUT2D eigenvalue weighted by atomic mass is 19.4. The zero-order valence-electron chi connectivity index (χ0n) is 10.1. The minimum Gasteiger partial charge on any atom is -0.326 e. The molecular weight excluding hydrogens is 257 g/mol. The summed E-state index contributed by atoms with van der Waals surface area (Å²) < 4.78 is 37.2. The molecule has 1 rings (SSSR count). The van der Waals surface area contributed by atoms with Crippen LogP contribution in [0.15, 0.2) is 18.3 Å². The number of nitrogens with zero attached hydrogens (tertiary/aromatic N) is 1. The van der Waals surface area contributed by atoms with Crippen molar-refractivity contribution in [2.45, 2.75) is 31.9 Å². The summed E-state index contributed by atoms with van der Waals surface area (Å²) in [5.41, 5.74) is -0.943. The number of rotatable bonds is 5. The predicted molar refractivity (Wildman–Crippen MR) is 65.2 cm³/mol. The van der Waals surface area contributed by atoms with Gasteiger partial charge in [-0.15, -0.1) is 12.3 Å². The van der Waals surface area contributed by atoms with Gasteiger partial charge in [-0.3, -0.25) is 9.78 Å².